The van der Waals surface area contributed by atoms with Crippen LogP contribution < -0.4 is 9.62 Å². The molecule has 2 amide bonds. The third kappa shape index (κ3) is 8.77. The van der Waals surface area contributed by atoms with Gasteiger partial charge in [0.1, 0.15) is 12.6 Å². The summed E-state index contributed by atoms with van der Waals surface area (Å²) in [4.78, 5) is 30.0. The summed E-state index contributed by atoms with van der Waals surface area (Å²) in [6.45, 7) is 3.37. The maximum atomic E-state index is 14.5. The molecule has 44 heavy (non-hydrogen) atoms. The van der Waals surface area contributed by atoms with Gasteiger partial charge >= 0.3 is 0 Å². The standard InChI is InChI=1S/C34H41Cl2N3O4S/c1-24(2)27-17-10-11-20-31(27)39(44(3,42)43)23-33(40)38(22-28-29(35)18-12-19-30(28)36)32(21-25-13-6-4-7-14-25)34(41)37-26-15-8-5-9-16-26/h4,6-7,10-14,17-20,24,26,32H,5,8-9,15-16,21-23H2,1-3H3,(H,37,41)/t32-/m1/s1. The van der Waals surface area contributed by atoms with Crippen LogP contribution in [0.5, 0.6) is 0 Å². The molecule has 1 N–H and O–H groups in total. The van der Waals surface area contributed by atoms with Crippen LogP contribution in [-0.2, 0) is 32.6 Å². The maximum absolute atomic E-state index is 14.5. The highest BCUT2D eigenvalue weighted by molar-refractivity contribution is 7.92. The largest absolute Gasteiger partial charge is 0.352 e. The quantitative estimate of drug-likeness (QED) is 0.228. The Kier molecular flexibility index (Phi) is 11.7. The summed E-state index contributed by atoms with van der Waals surface area (Å²) >= 11 is 13.2. The van der Waals surface area contributed by atoms with Gasteiger partial charge in [-0.15, -0.1) is 0 Å². The average molecular weight is 659 g/mol. The summed E-state index contributed by atoms with van der Waals surface area (Å²) < 4.78 is 27.6. The van der Waals surface area contributed by atoms with Crippen molar-refractivity contribution in [2.45, 2.75) is 76.9 Å². The van der Waals surface area contributed by atoms with Crippen molar-refractivity contribution in [1.82, 2.24) is 10.2 Å². The SMILES string of the molecule is CC(C)c1ccccc1N(CC(=O)N(Cc1c(Cl)cccc1Cl)[C@H](Cc1ccccc1)C(=O)NC1CCCCC1)S(C)(=O)=O. The monoisotopic (exact) mass is 657 g/mol. The normalized spacial score (nSPS) is 14.7. The summed E-state index contributed by atoms with van der Waals surface area (Å²) in [5.41, 5.74) is 2.58. The van der Waals surface area contributed by atoms with Gasteiger partial charge in [-0.1, -0.05) is 111 Å². The number of carbonyl (C=O) groups is 2. The zero-order valence-corrected chi connectivity index (χ0v) is 27.8. The molecule has 0 spiro atoms. The third-order valence-electron chi connectivity index (χ3n) is 8.12. The number of benzene rings is 3. The number of sulfonamides is 1. The lowest BCUT2D eigenvalue weighted by Crippen LogP contribution is -2.55. The molecule has 0 aromatic heterocycles. The zero-order valence-electron chi connectivity index (χ0n) is 25.5. The highest BCUT2D eigenvalue weighted by Crippen LogP contribution is 2.31. The fraction of sp³-hybridized carbons (Fsp3) is 0.412. The number of anilines is 1. The van der Waals surface area contributed by atoms with Gasteiger partial charge in [0.15, 0.2) is 0 Å². The number of hydrogen-bond acceptors (Lipinski definition) is 4. The second-order valence-corrected chi connectivity index (χ2v) is 14.5. The first kappa shape index (κ1) is 33.8. The Bertz CT molecular complexity index is 1520. The van der Waals surface area contributed by atoms with Crippen molar-refractivity contribution in [2.75, 3.05) is 17.1 Å². The summed E-state index contributed by atoms with van der Waals surface area (Å²) in [6, 6.07) is 20.8. The first-order valence-electron chi connectivity index (χ1n) is 15.1. The number of amides is 2. The van der Waals surface area contributed by atoms with E-state index < -0.39 is 28.5 Å². The van der Waals surface area contributed by atoms with E-state index in [1.54, 1.807) is 30.3 Å². The predicted octanol–water partition coefficient (Wildman–Crippen LogP) is 6.97. The Morgan fingerprint density at radius 1 is 0.886 bits per heavy atom. The first-order valence-corrected chi connectivity index (χ1v) is 17.7. The molecule has 1 atom stereocenters. The predicted molar refractivity (Wildman–Crippen MR) is 179 cm³/mol. The molecule has 0 radical (unpaired) electrons. The molecule has 0 unspecified atom stereocenters. The van der Waals surface area contributed by atoms with Crippen LogP contribution in [0, 0.1) is 0 Å². The fourth-order valence-corrected chi connectivity index (χ4v) is 7.14. The minimum absolute atomic E-state index is 0.00990. The van der Waals surface area contributed by atoms with Gasteiger partial charge in [0.05, 0.1) is 11.9 Å². The van der Waals surface area contributed by atoms with Gasteiger partial charge in [-0.05, 0) is 48.1 Å². The second kappa shape index (κ2) is 15.3. The zero-order chi connectivity index (χ0) is 31.9. The van der Waals surface area contributed by atoms with Crippen molar-refractivity contribution in [3.05, 3.63) is 99.5 Å². The summed E-state index contributed by atoms with van der Waals surface area (Å²) in [5.74, 6) is -0.814. The van der Waals surface area contributed by atoms with Crippen molar-refractivity contribution >= 4 is 50.7 Å². The van der Waals surface area contributed by atoms with Crippen molar-refractivity contribution in [2.24, 2.45) is 0 Å². The molecular formula is C34H41Cl2N3O4S. The van der Waals surface area contributed by atoms with Crippen molar-refractivity contribution < 1.29 is 18.0 Å². The van der Waals surface area contributed by atoms with E-state index in [0.717, 1.165) is 53.8 Å². The van der Waals surface area contributed by atoms with Crippen molar-refractivity contribution in [1.29, 1.82) is 0 Å². The van der Waals surface area contributed by atoms with Gasteiger partial charge in [-0.3, -0.25) is 13.9 Å². The molecule has 10 heteroatoms. The topological polar surface area (TPSA) is 86.8 Å². The fourth-order valence-electron chi connectivity index (χ4n) is 5.75. The number of carbonyl (C=O) groups excluding carboxylic acids is 2. The molecular weight excluding hydrogens is 617 g/mol. The minimum Gasteiger partial charge on any atom is -0.352 e. The molecule has 0 aliphatic heterocycles. The van der Waals surface area contributed by atoms with E-state index in [1.807, 2.05) is 56.3 Å². The molecule has 7 nitrogen and oxygen atoms in total. The summed E-state index contributed by atoms with van der Waals surface area (Å²) in [5, 5.41) is 3.90. The lowest BCUT2D eigenvalue weighted by atomic mass is 9.94. The molecule has 1 aliphatic carbocycles. The van der Waals surface area contributed by atoms with Gasteiger partial charge in [0.2, 0.25) is 21.8 Å². The van der Waals surface area contributed by atoms with Gasteiger partial charge in [-0.25, -0.2) is 8.42 Å². The molecule has 0 saturated heterocycles. The lowest BCUT2D eigenvalue weighted by Gasteiger charge is -2.35. The number of para-hydroxylation sites is 1. The Balaban J connectivity index is 1.79. The molecule has 1 fully saturated rings. The molecule has 1 saturated carbocycles. The van der Waals surface area contributed by atoms with Crippen LogP contribution in [0.1, 0.15) is 68.6 Å². The number of halogens is 2. The van der Waals surface area contributed by atoms with Gasteiger partial charge in [0.25, 0.3) is 0 Å². The Morgan fingerprint density at radius 3 is 2.11 bits per heavy atom. The highest BCUT2D eigenvalue weighted by Gasteiger charge is 2.35. The van der Waals surface area contributed by atoms with Gasteiger partial charge in [0, 0.05) is 34.6 Å². The highest BCUT2D eigenvalue weighted by atomic mass is 35.5. The second-order valence-electron chi connectivity index (χ2n) is 11.8. The summed E-state index contributed by atoms with van der Waals surface area (Å²) in [6.07, 6.45) is 6.27. The van der Waals surface area contributed by atoms with E-state index >= 15 is 0 Å². The van der Waals surface area contributed by atoms with Gasteiger partial charge in [-0.2, -0.15) is 0 Å². The molecule has 236 valence electrons. The smallest absolute Gasteiger partial charge is 0.244 e. The van der Waals surface area contributed by atoms with Crippen molar-refractivity contribution in [3.8, 4) is 0 Å². The molecule has 1 aliphatic rings. The van der Waals surface area contributed by atoms with Crippen LogP contribution in [0.2, 0.25) is 10.0 Å². The van der Waals surface area contributed by atoms with E-state index in [-0.39, 0.29) is 30.8 Å². The van der Waals surface area contributed by atoms with E-state index in [9.17, 15) is 18.0 Å². The van der Waals surface area contributed by atoms with Crippen LogP contribution in [0.25, 0.3) is 0 Å². The van der Waals surface area contributed by atoms with E-state index in [4.69, 9.17) is 23.2 Å². The Hall–Kier alpha value is -3.07. The van der Waals surface area contributed by atoms with E-state index in [0.29, 0.717) is 21.3 Å². The summed E-state index contributed by atoms with van der Waals surface area (Å²) in [7, 11) is -3.89. The average Bonchev–Trinajstić information content (AvgIpc) is 2.99. The van der Waals surface area contributed by atoms with Crippen LogP contribution >= 0.6 is 23.2 Å². The lowest BCUT2D eigenvalue weighted by molar-refractivity contribution is -0.140. The van der Waals surface area contributed by atoms with Crippen LogP contribution in [-0.4, -0.2) is 50.0 Å². The molecule has 0 bridgehead atoms. The third-order valence-corrected chi connectivity index (χ3v) is 9.95. The molecule has 4 rings (SSSR count). The van der Waals surface area contributed by atoms with Crippen LogP contribution in [0.3, 0.4) is 0 Å². The molecule has 3 aromatic rings. The number of nitrogens with one attached hydrogen (secondary N) is 1. The molecule has 0 heterocycles. The number of rotatable bonds is 12. The van der Waals surface area contributed by atoms with Crippen LogP contribution in [0.4, 0.5) is 5.69 Å². The number of nitrogens with zero attached hydrogens (tertiary/aromatic N) is 2. The first-order chi connectivity index (χ1) is 21.0. The number of hydrogen-bond donors (Lipinski definition) is 1. The Labute approximate surface area is 271 Å². The minimum atomic E-state index is -3.89. The van der Waals surface area contributed by atoms with Crippen LogP contribution in [0.15, 0.2) is 72.8 Å². The Morgan fingerprint density at radius 2 is 1.50 bits per heavy atom. The molecule has 3 aromatic carbocycles. The van der Waals surface area contributed by atoms with Crippen molar-refractivity contribution in [3.63, 3.8) is 0 Å². The van der Waals surface area contributed by atoms with Gasteiger partial charge < -0.3 is 10.2 Å². The maximum Gasteiger partial charge on any atom is 0.244 e. The van der Waals surface area contributed by atoms with E-state index in [2.05, 4.69) is 5.32 Å². The van der Waals surface area contributed by atoms with E-state index in [1.165, 1.54) is 4.90 Å².